The number of carbonyl (C=O) groups excluding carboxylic acids is 2. The number of rotatable bonds is 3. The van der Waals surface area contributed by atoms with Gasteiger partial charge in [0.1, 0.15) is 0 Å². The second kappa shape index (κ2) is 4.47. The summed E-state index contributed by atoms with van der Waals surface area (Å²) in [5, 5.41) is 0.341. The van der Waals surface area contributed by atoms with E-state index in [4.69, 9.17) is 11.6 Å². The van der Waals surface area contributed by atoms with E-state index in [0.29, 0.717) is 29.4 Å². The van der Waals surface area contributed by atoms with Crippen LogP contribution in [0.5, 0.6) is 0 Å². The molecule has 0 aliphatic carbocycles. The molecule has 5 heteroatoms. The second-order valence-corrected chi connectivity index (χ2v) is 4.63. The van der Waals surface area contributed by atoms with Crippen molar-refractivity contribution in [3.63, 3.8) is 0 Å². The molecule has 0 atom stereocenters. The summed E-state index contributed by atoms with van der Waals surface area (Å²) in [4.78, 5) is 27.1. The Balaban J connectivity index is 2.35. The zero-order valence-corrected chi connectivity index (χ0v) is 10.5. The first-order chi connectivity index (χ1) is 8.02. The molecule has 0 fully saturated rings. The first kappa shape index (κ1) is 12.1. The Morgan fingerprint density at radius 2 is 2.00 bits per heavy atom. The summed E-state index contributed by atoms with van der Waals surface area (Å²) in [7, 11) is 3.84. The predicted octanol–water partition coefficient (Wildman–Crippen LogP) is 1.43. The van der Waals surface area contributed by atoms with Gasteiger partial charge in [-0.05, 0) is 26.2 Å². The average Bonchev–Trinajstić information content (AvgIpc) is 2.51. The molecular formula is C12H13ClN2O2. The van der Waals surface area contributed by atoms with E-state index in [-0.39, 0.29) is 0 Å². The van der Waals surface area contributed by atoms with Crippen molar-refractivity contribution in [3.8, 4) is 0 Å². The Bertz CT molecular complexity index is 485. The van der Waals surface area contributed by atoms with Crippen LogP contribution in [0.4, 0.5) is 5.69 Å². The number of benzene rings is 1. The molecule has 0 unspecified atom stereocenters. The number of anilines is 1. The molecule has 1 heterocycles. The van der Waals surface area contributed by atoms with Gasteiger partial charge in [-0.15, -0.1) is 0 Å². The molecule has 0 spiro atoms. The SMILES string of the molecule is CN(C)CCN1C(=O)C(=O)c2c(Cl)cccc21. The minimum Gasteiger partial charge on any atom is -0.308 e. The van der Waals surface area contributed by atoms with Gasteiger partial charge in [-0.25, -0.2) is 0 Å². The number of hydrogen-bond acceptors (Lipinski definition) is 3. The minimum absolute atomic E-state index is 0.331. The third-order valence-corrected chi connectivity index (χ3v) is 3.03. The van der Waals surface area contributed by atoms with Crippen molar-refractivity contribution in [1.29, 1.82) is 0 Å². The number of likely N-dealkylation sites (N-methyl/N-ethyl adjacent to an activating group) is 1. The smallest absolute Gasteiger partial charge is 0.299 e. The van der Waals surface area contributed by atoms with Crippen LogP contribution in [0.15, 0.2) is 18.2 Å². The normalized spacial score (nSPS) is 14.7. The van der Waals surface area contributed by atoms with Crippen LogP contribution >= 0.6 is 11.6 Å². The van der Waals surface area contributed by atoms with Crippen molar-refractivity contribution >= 4 is 29.0 Å². The lowest BCUT2D eigenvalue weighted by Gasteiger charge is -2.19. The quantitative estimate of drug-likeness (QED) is 0.765. The van der Waals surface area contributed by atoms with Crippen LogP contribution in [0.25, 0.3) is 0 Å². The van der Waals surface area contributed by atoms with Crippen molar-refractivity contribution in [2.24, 2.45) is 0 Å². The highest BCUT2D eigenvalue weighted by Crippen LogP contribution is 2.33. The molecule has 1 amide bonds. The van der Waals surface area contributed by atoms with E-state index in [1.54, 1.807) is 18.2 Å². The molecule has 2 rings (SSSR count). The van der Waals surface area contributed by atoms with E-state index in [0.717, 1.165) is 0 Å². The van der Waals surface area contributed by atoms with Gasteiger partial charge in [0.05, 0.1) is 16.3 Å². The fourth-order valence-corrected chi connectivity index (χ4v) is 2.08. The summed E-state index contributed by atoms with van der Waals surface area (Å²) < 4.78 is 0. The van der Waals surface area contributed by atoms with Crippen LogP contribution in [0, 0.1) is 0 Å². The summed E-state index contributed by atoms with van der Waals surface area (Å²) in [5.74, 6) is -1.00. The van der Waals surface area contributed by atoms with Crippen molar-refractivity contribution in [2.75, 3.05) is 32.1 Å². The lowest BCUT2D eigenvalue weighted by atomic mass is 10.1. The predicted molar refractivity (Wildman–Crippen MR) is 66.7 cm³/mol. The third-order valence-electron chi connectivity index (χ3n) is 2.72. The monoisotopic (exact) mass is 252 g/mol. The standard InChI is InChI=1S/C12H13ClN2O2/c1-14(2)6-7-15-9-5-3-4-8(13)10(9)11(16)12(15)17/h3-5H,6-7H2,1-2H3. The molecule has 0 bridgehead atoms. The number of carbonyl (C=O) groups is 2. The third kappa shape index (κ3) is 2.06. The van der Waals surface area contributed by atoms with Gasteiger partial charge in [-0.2, -0.15) is 0 Å². The molecule has 17 heavy (non-hydrogen) atoms. The highest BCUT2D eigenvalue weighted by Gasteiger charge is 2.36. The molecule has 1 aliphatic rings. The Labute approximate surface area is 105 Å². The van der Waals surface area contributed by atoms with Crippen LogP contribution in [-0.2, 0) is 4.79 Å². The van der Waals surface area contributed by atoms with Gasteiger partial charge in [0.2, 0.25) is 0 Å². The molecule has 0 N–H and O–H groups in total. The fraction of sp³-hybridized carbons (Fsp3) is 0.333. The van der Waals surface area contributed by atoms with Gasteiger partial charge < -0.3 is 9.80 Å². The van der Waals surface area contributed by atoms with Crippen molar-refractivity contribution < 1.29 is 9.59 Å². The Kier molecular flexibility index (Phi) is 3.17. The molecule has 4 nitrogen and oxygen atoms in total. The maximum absolute atomic E-state index is 11.8. The molecule has 0 saturated carbocycles. The molecular weight excluding hydrogens is 240 g/mol. The topological polar surface area (TPSA) is 40.6 Å². The lowest BCUT2D eigenvalue weighted by Crippen LogP contribution is -2.35. The molecule has 0 radical (unpaired) electrons. The molecule has 1 aromatic rings. The van der Waals surface area contributed by atoms with Crippen molar-refractivity contribution in [3.05, 3.63) is 28.8 Å². The Morgan fingerprint density at radius 1 is 1.29 bits per heavy atom. The van der Waals surface area contributed by atoms with Crippen LogP contribution in [-0.4, -0.2) is 43.8 Å². The summed E-state index contributed by atoms with van der Waals surface area (Å²) in [6, 6.07) is 5.12. The Hall–Kier alpha value is -1.39. The first-order valence-electron chi connectivity index (χ1n) is 5.32. The average molecular weight is 253 g/mol. The summed E-state index contributed by atoms with van der Waals surface area (Å²) >= 11 is 5.95. The second-order valence-electron chi connectivity index (χ2n) is 4.22. The van der Waals surface area contributed by atoms with Crippen LogP contribution in [0.2, 0.25) is 5.02 Å². The highest BCUT2D eigenvalue weighted by molar-refractivity contribution is 6.55. The van der Waals surface area contributed by atoms with E-state index in [1.165, 1.54) is 4.90 Å². The van der Waals surface area contributed by atoms with Gasteiger partial charge in [0.25, 0.3) is 11.7 Å². The molecule has 0 aromatic heterocycles. The summed E-state index contributed by atoms with van der Waals surface area (Å²) in [6.07, 6.45) is 0. The van der Waals surface area contributed by atoms with Crippen molar-refractivity contribution in [2.45, 2.75) is 0 Å². The maximum Gasteiger partial charge on any atom is 0.299 e. The van der Waals surface area contributed by atoms with Gasteiger partial charge >= 0.3 is 0 Å². The van der Waals surface area contributed by atoms with E-state index >= 15 is 0 Å². The van der Waals surface area contributed by atoms with E-state index in [9.17, 15) is 9.59 Å². The van der Waals surface area contributed by atoms with Crippen LogP contribution in [0.1, 0.15) is 10.4 Å². The number of ketones is 1. The molecule has 1 aromatic carbocycles. The van der Waals surface area contributed by atoms with Gasteiger partial charge in [-0.3, -0.25) is 9.59 Å². The number of amides is 1. The lowest BCUT2D eigenvalue weighted by molar-refractivity contribution is -0.114. The fourth-order valence-electron chi connectivity index (χ4n) is 1.82. The van der Waals surface area contributed by atoms with Crippen LogP contribution in [0.3, 0.4) is 0 Å². The van der Waals surface area contributed by atoms with E-state index in [2.05, 4.69) is 0 Å². The number of halogens is 1. The number of hydrogen-bond donors (Lipinski definition) is 0. The number of Topliss-reactive ketones (excluding diaryl/α,β-unsaturated/α-hetero) is 1. The van der Waals surface area contributed by atoms with Gasteiger partial charge in [-0.1, -0.05) is 17.7 Å². The molecule has 1 aliphatic heterocycles. The Morgan fingerprint density at radius 3 is 2.65 bits per heavy atom. The van der Waals surface area contributed by atoms with Gasteiger partial charge in [0.15, 0.2) is 0 Å². The summed E-state index contributed by atoms with van der Waals surface area (Å²) in [5.41, 5.74) is 0.951. The van der Waals surface area contributed by atoms with E-state index < -0.39 is 11.7 Å². The number of fused-ring (bicyclic) bond motifs is 1. The molecule has 0 saturated heterocycles. The van der Waals surface area contributed by atoms with Crippen LogP contribution < -0.4 is 4.90 Å². The number of nitrogens with zero attached hydrogens (tertiary/aromatic N) is 2. The highest BCUT2D eigenvalue weighted by atomic mass is 35.5. The maximum atomic E-state index is 11.8. The first-order valence-corrected chi connectivity index (χ1v) is 5.69. The van der Waals surface area contributed by atoms with Gasteiger partial charge in [0, 0.05) is 13.1 Å². The molecule has 90 valence electrons. The summed E-state index contributed by atoms with van der Waals surface area (Å²) in [6.45, 7) is 1.19. The van der Waals surface area contributed by atoms with Crippen molar-refractivity contribution in [1.82, 2.24) is 4.90 Å². The van der Waals surface area contributed by atoms with E-state index in [1.807, 2.05) is 19.0 Å². The zero-order chi connectivity index (χ0) is 12.6. The largest absolute Gasteiger partial charge is 0.308 e. The minimum atomic E-state index is -0.510. The zero-order valence-electron chi connectivity index (χ0n) is 9.74.